The van der Waals surface area contributed by atoms with E-state index in [0.29, 0.717) is 11.6 Å². The number of thiophene rings is 1. The van der Waals surface area contributed by atoms with Gasteiger partial charge in [-0.3, -0.25) is 4.79 Å². The van der Waals surface area contributed by atoms with Crippen molar-refractivity contribution < 1.29 is 9.84 Å². The first-order valence-corrected chi connectivity index (χ1v) is 10.1. The number of fused-ring (bicyclic) bond motifs is 3. The van der Waals surface area contributed by atoms with Crippen LogP contribution in [0.2, 0.25) is 5.02 Å². The first-order valence-electron chi connectivity index (χ1n) is 8.86. The minimum atomic E-state index is -0.0932. The standard InChI is InChI=1S/C20H19ClN2O3S/c1-26-14-10-11(9-13(21)18(14)24)7-8-16-22-19(25)17-12-5-3-2-4-6-15(12)27-20(17)23-16/h7-10,24H,2-6H2,1H3,(H,22,23,25)/b8-7+. The molecule has 1 aromatic carbocycles. The van der Waals surface area contributed by atoms with Gasteiger partial charge >= 0.3 is 0 Å². The summed E-state index contributed by atoms with van der Waals surface area (Å²) in [5.74, 6) is 0.692. The van der Waals surface area contributed by atoms with Crippen molar-refractivity contribution in [2.45, 2.75) is 32.1 Å². The lowest BCUT2D eigenvalue weighted by molar-refractivity contribution is 0.373. The van der Waals surface area contributed by atoms with Gasteiger partial charge in [0.15, 0.2) is 11.5 Å². The summed E-state index contributed by atoms with van der Waals surface area (Å²) in [6.07, 6.45) is 9.02. The van der Waals surface area contributed by atoms with Crippen molar-refractivity contribution in [3.8, 4) is 11.5 Å². The van der Waals surface area contributed by atoms with Crippen LogP contribution in [-0.2, 0) is 12.8 Å². The Kier molecular flexibility index (Phi) is 4.93. The molecule has 140 valence electrons. The third-order valence-corrected chi connectivity index (χ3v) is 6.27. The summed E-state index contributed by atoms with van der Waals surface area (Å²) in [5.41, 5.74) is 1.84. The van der Waals surface area contributed by atoms with Crippen molar-refractivity contribution in [3.63, 3.8) is 0 Å². The van der Waals surface area contributed by atoms with E-state index in [1.807, 2.05) is 0 Å². The van der Waals surface area contributed by atoms with Crippen molar-refractivity contribution in [2.75, 3.05) is 7.11 Å². The summed E-state index contributed by atoms with van der Waals surface area (Å²) in [4.78, 5) is 22.3. The molecule has 27 heavy (non-hydrogen) atoms. The molecule has 0 saturated carbocycles. The number of aromatic amines is 1. The average molecular weight is 403 g/mol. The van der Waals surface area contributed by atoms with Crippen LogP contribution >= 0.6 is 22.9 Å². The molecular formula is C20H19ClN2O3S. The summed E-state index contributed by atoms with van der Waals surface area (Å²) in [6.45, 7) is 0. The number of phenolic OH excluding ortho intramolecular Hbond substituents is 1. The van der Waals surface area contributed by atoms with Gasteiger partial charge in [-0.2, -0.15) is 0 Å². The van der Waals surface area contributed by atoms with Crippen molar-refractivity contribution in [1.29, 1.82) is 0 Å². The molecule has 2 N–H and O–H groups in total. The Hall–Kier alpha value is -2.31. The minimum absolute atomic E-state index is 0.0830. The van der Waals surface area contributed by atoms with E-state index < -0.39 is 0 Å². The van der Waals surface area contributed by atoms with E-state index in [2.05, 4.69) is 9.97 Å². The molecule has 0 radical (unpaired) electrons. The molecule has 2 heterocycles. The van der Waals surface area contributed by atoms with Crippen LogP contribution in [0.4, 0.5) is 0 Å². The summed E-state index contributed by atoms with van der Waals surface area (Å²) >= 11 is 7.65. The second kappa shape index (κ2) is 7.37. The maximum atomic E-state index is 12.7. The van der Waals surface area contributed by atoms with Crippen LogP contribution in [0.5, 0.6) is 11.5 Å². The van der Waals surface area contributed by atoms with E-state index in [-0.39, 0.29) is 16.3 Å². The summed E-state index contributed by atoms with van der Waals surface area (Å²) in [5, 5.41) is 10.8. The molecule has 0 fully saturated rings. The first-order chi connectivity index (χ1) is 13.1. The zero-order chi connectivity index (χ0) is 19.0. The zero-order valence-electron chi connectivity index (χ0n) is 14.8. The van der Waals surface area contributed by atoms with Gasteiger partial charge in [0.2, 0.25) is 0 Å². The maximum absolute atomic E-state index is 12.7. The van der Waals surface area contributed by atoms with Gasteiger partial charge in [-0.15, -0.1) is 11.3 Å². The number of hydrogen-bond acceptors (Lipinski definition) is 5. The van der Waals surface area contributed by atoms with Crippen LogP contribution in [-0.4, -0.2) is 22.2 Å². The van der Waals surface area contributed by atoms with E-state index in [0.717, 1.165) is 35.0 Å². The van der Waals surface area contributed by atoms with E-state index in [1.54, 1.807) is 35.6 Å². The molecule has 7 heteroatoms. The van der Waals surface area contributed by atoms with Crippen molar-refractivity contribution in [2.24, 2.45) is 0 Å². The normalized spacial score (nSPS) is 14.4. The predicted molar refractivity (Wildman–Crippen MR) is 110 cm³/mol. The molecule has 0 atom stereocenters. The number of phenols is 1. The number of rotatable bonds is 3. The van der Waals surface area contributed by atoms with Gasteiger partial charge in [0.05, 0.1) is 17.5 Å². The van der Waals surface area contributed by atoms with Crippen LogP contribution in [0.3, 0.4) is 0 Å². The summed E-state index contributed by atoms with van der Waals surface area (Å²) in [6, 6.07) is 3.29. The monoisotopic (exact) mass is 402 g/mol. The molecule has 3 aromatic rings. The lowest BCUT2D eigenvalue weighted by Gasteiger charge is -2.06. The number of nitrogens with zero attached hydrogens (tertiary/aromatic N) is 1. The second-order valence-corrected chi connectivity index (χ2v) is 8.07. The SMILES string of the molecule is COc1cc(/C=C/c2nc3sc4c(c3c(=O)[nH]2)CCCCC4)cc(Cl)c1O. The molecule has 0 aliphatic heterocycles. The number of aromatic hydroxyl groups is 1. The number of aromatic nitrogens is 2. The molecule has 4 rings (SSSR count). The first kappa shape index (κ1) is 18.1. The minimum Gasteiger partial charge on any atom is -0.503 e. The van der Waals surface area contributed by atoms with Gasteiger partial charge in [0.1, 0.15) is 10.7 Å². The second-order valence-electron chi connectivity index (χ2n) is 6.58. The van der Waals surface area contributed by atoms with Crippen LogP contribution in [0.15, 0.2) is 16.9 Å². The zero-order valence-corrected chi connectivity index (χ0v) is 16.4. The molecule has 0 bridgehead atoms. The molecule has 2 aromatic heterocycles. The molecule has 0 saturated heterocycles. The molecular weight excluding hydrogens is 384 g/mol. The Morgan fingerprint density at radius 3 is 2.89 bits per heavy atom. The van der Waals surface area contributed by atoms with Gasteiger partial charge in [-0.05, 0) is 55.0 Å². The van der Waals surface area contributed by atoms with E-state index in [9.17, 15) is 9.90 Å². The van der Waals surface area contributed by atoms with Gasteiger partial charge in [0, 0.05) is 4.88 Å². The number of ether oxygens (including phenoxy) is 1. The number of hydrogen-bond donors (Lipinski definition) is 2. The van der Waals surface area contributed by atoms with Gasteiger partial charge < -0.3 is 14.8 Å². The summed E-state index contributed by atoms with van der Waals surface area (Å²) in [7, 11) is 1.46. The Bertz CT molecular complexity index is 1100. The quantitative estimate of drug-likeness (QED) is 0.617. The lowest BCUT2D eigenvalue weighted by Crippen LogP contribution is -2.10. The third-order valence-electron chi connectivity index (χ3n) is 4.80. The van der Waals surface area contributed by atoms with Crippen molar-refractivity contribution >= 4 is 45.3 Å². The Labute approximate surface area is 165 Å². The Morgan fingerprint density at radius 2 is 2.07 bits per heavy atom. The van der Waals surface area contributed by atoms with E-state index in [4.69, 9.17) is 16.3 Å². The van der Waals surface area contributed by atoms with Crippen molar-refractivity contribution in [1.82, 2.24) is 9.97 Å². The lowest BCUT2D eigenvalue weighted by atomic mass is 10.1. The largest absolute Gasteiger partial charge is 0.503 e. The highest BCUT2D eigenvalue weighted by Crippen LogP contribution is 2.36. The highest BCUT2D eigenvalue weighted by molar-refractivity contribution is 7.18. The smallest absolute Gasteiger partial charge is 0.260 e. The number of benzene rings is 1. The fourth-order valence-electron chi connectivity index (χ4n) is 3.46. The molecule has 0 amide bonds. The van der Waals surface area contributed by atoms with Gasteiger partial charge in [-0.1, -0.05) is 24.1 Å². The number of nitrogens with one attached hydrogen (secondary N) is 1. The van der Waals surface area contributed by atoms with Gasteiger partial charge in [-0.25, -0.2) is 4.98 Å². The topological polar surface area (TPSA) is 75.2 Å². The van der Waals surface area contributed by atoms with Crippen LogP contribution in [0.25, 0.3) is 22.4 Å². The molecule has 1 aliphatic rings. The third kappa shape index (κ3) is 3.47. The van der Waals surface area contributed by atoms with Crippen molar-refractivity contribution in [3.05, 3.63) is 49.3 Å². The highest BCUT2D eigenvalue weighted by Gasteiger charge is 2.18. The Morgan fingerprint density at radius 1 is 1.26 bits per heavy atom. The fraction of sp³-hybridized carbons (Fsp3) is 0.300. The van der Waals surface area contributed by atoms with E-state index in [1.165, 1.54) is 30.4 Å². The van der Waals surface area contributed by atoms with Crippen LogP contribution in [0.1, 0.15) is 41.1 Å². The highest BCUT2D eigenvalue weighted by atomic mass is 35.5. The fourth-order valence-corrected chi connectivity index (χ4v) is 4.95. The number of H-pyrrole nitrogens is 1. The molecule has 1 aliphatic carbocycles. The molecule has 0 unspecified atom stereocenters. The number of halogens is 1. The van der Waals surface area contributed by atoms with Crippen LogP contribution < -0.4 is 10.3 Å². The number of aryl methyl sites for hydroxylation is 2. The van der Waals surface area contributed by atoms with Gasteiger partial charge in [0.25, 0.3) is 5.56 Å². The number of methoxy groups -OCH3 is 1. The van der Waals surface area contributed by atoms with Crippen LogP contribution in [0, 0.1) is 0 Å². The van der Waals surface area contributed by atoms with E-state index >= 15 is 0 Å². The average Bonchev–Trinajstić information content (AvgIpc) is 2.84. The molecule has 0 spiro atoms. The maximum Gasteiger partial charge on any atom is 0.260 e. The summed E-state index contributed by atoms with van der Waals surface area (Å²) < 4.78 is 5.11. The Balaban J connectivity index is 1.72. The molecule has 5 nitrogen and oxygen atoms in total. The predicted octanol–water partition coefficient (Wildman–Crippen LogP) is 4.79.